The van der Waals surface area contributed by atoms with Crippen LogP contribution in [0.1, 0.15) is 11.1 Å². The highest BCUT2D eigenvalue weighted by atomic mass is 35.5. The molecule has 1 aliphatic rings. The molecule has 196 valence electrons. The Morgan fingerprint density at radius 3 is 2.57 bits per heavy atom. The first kappa shape index (κ1) is 26.6. The van der Waals surface area contributed by atoms with Crippen molar-refractivity contribution < 1.29 is 26.7 Å². The lowest BCUT2D eigenvalue weighted by Gasteiger charge is -2.18. The van der Waals surface area contributed by atoms with Gasteiger partial charge in [0.25, 0.3) is 5.56 Å². The second-order valence-electron chi connectivity index (χ2n) is 8.38. The van der Waals surface area contributed by atoms with Gasteiger partial charge in [-0.25, -0.2) is 21.5 Å². The Kier molecular flexibility index (Phi) is 7.53. The molecule has 0 fully saturated rings. The highest BCUT2D eigenvalue weighted by Gasteiger charge is 2.34. The lowest BCUT2D eigenvalue weighted by molar-refractivity contribution is -0.117. The molecule has 0 atom stereocenters. The van der Waals surface area contributed by atoms with Gasteiger partial charge in [-0.1, -0.05) is 17.7 Å². The number of benzene rings is 2. The Hall–Kier alpha value is -3.48. The summed E-state index contributed by atoms with van der Waals surface area (Å²) in [5, 5.41) is 2.54. The maximum Gasteiger partial charge on any atom is 0.273 e. The average Bonchev–Trinajstić information content (AvgIpc) is 3.22. The highest BCUT2D eigenvalue weighted by molar-refractivity contribution is 7.92. The van der Waals surface area contributed by atoms with E-state index in [0.29, 0.717) is 16.9 Å². The number of hydrogen-bond acceptors (Lipinski definition) is 6. The summed E-state index contributed by atoms with van der Waals surface area (Å²) in [5.41, 5.74) is 0.915. The summed E-state index contributed by atoms with van der Waals surface area (Å²) in [6.07, 6.45) is 2.51. The minimum absolute atomic E-state index is 0.0135. The van der Waals surface area contributed by atoms with Gasteiger partial charge in [-0.05, 0) is 42.9 Å². The van der Waals surface area contributed by atoms with E-state index in [4.69, 9.17) is 16.3 Å². The van der Waals surface area contributed by atoms with E-state index in [1.807, 2.05) is 0 Å². The number of carbonyl (C=O) groups is 1. The predicted molar refractivity (Wildman–Crippen MR) is 136 cm³/mol. The van der Waals surface area contributed by atoms with Gasteiger partial charge in [0.15, 0.2) is 0 Å². The third-order valence-electron chi connectivity index (χ3n) is 5.72. The van der Waals surface area contributed by atoms with E-state index >= 15 is 0 Å². The van der Waals surface area contributed by atoms with Gasteiger partial charge in [0.2, 0.25) is 15.9 Å². The number of rotatable bonds is 8. The van der Waals surface area contributed by atoms with Crippen molar-refractivity contribution in [3.8, 4) is 5.75 Å². The van der Waals surface area contributed by atoms with Crippen molar-refractivity contribution in [2.45, 2.75) is 13.2 Å². The third-order valence-corrected chi connectivity index (χ3v) is 7.18. The van der Waals surface area contributed by atoms with Crippen molar-refractivity contribution in [3.63, 3.8) is 0 Å². The van der Waals surface area contributed by atoms with E-state index < -0.39 is 27.2 Å². The quantitative estimate of drug-likeness (QED) is 0.461. The molecule has 0 radical (unpaired) electrons. The first-order valence-electron chi connectivity index (χ1n) is 11.0. The van der Waals surface area contributed by atoms with Crippen molar-refractivity contribution in [3.05, 3.63) is 86.8 Å². The Labute approximate surface area is 216 Å². The Morgan fingerprint density at radius 1 is 1.14 bits per heavy atom. The second-order valence-corrected chi connectivity index (χ2v) is 10.7. The number of aromatic nitrogens is 1. The molecule has 1 amide bonds. The molecule has 37 heavy (non-hydrogen) atoms. The lowest BCUT2D eigenvalue weighted by atomic mass is 10.1. The van der Waals surface area contributed by atoms with Crippen LogP contribution in [0.25, 0.3) is 0 Å². The number of ether oxygens (including phenoxy) is 1. The number of nitrogens with one attached hydrogen (secondary N) is 1. The zero-order valence-electron chi connectivity index (χ0n) is 19.9. The van der Waals surface area contributed by atoms with Gasteiger partial charge in [-0.2, -0.15) is 0 Å². The SMILES string of the molecule is CNCC(=O)N1CN(S(C)(=O)=O)c2ccc(Cn3ccc(OCc4ccc(F)cc4F)c(Cl)c3=O)cc21. The number of sulfonamides is 1. The molecule has 4 rings (SSSR count). The van der Waals surface area contributed by atoms with Crippen LogP contribution < -0.4 is 24.8 Å². The summed E-state index contributed by atoms with van der Waals surface area (Å²) in [7, 11) is -2.02. The molecule has 13 heteroatoms. The maximum absolute atomic E-state index is 13.9. The number of halogens is 3. The number of likely N-dealkylation sites (N-methyl/N-ethyl adjacent to an activating group) is 1. The lowest BCUT2D eigenvalue weighted by Crippen LogP contribution is -2.41. The number of nitrogens with zero attached hydrogens (tertiary/aromatic N) is 3. The van der Waals surface area contributed by atoms with Crippen LogP contribution in [0.3, 0.4) is 0 Å². The van der Waals surface area contributed by atoms with Crippen molar-refractivity contribution in [1.82, 2.24) is 9.88 Å². The molecule has 0 spiro atoms. The molecular weight excluding hydrogens is 530 g/mol. The van der Waals surface area contributed by atoms with E-state index in [-0.39, 0.29) is 48.6 Å². The molecule has 2 aromatic carbocycles. The fraction of sp³-hybridized carbons (Fsp3) is 0.250. The monoisotopic (exact) mass is 552 g/mol. The molecule has 0 unspecified atom stereocenters. The van der Waals surface area contributed by atoms with Crippen molar-refractivity contribution >= 4 is 38.9 Å². The number of fused-ring (bicyclic) bond motifs is 1. The van der Waals surface area contributed by atoms with Crippen molar-refractivity contribution in [2.75, 3.05) is 35.7 Å². The Bertz CT molecular complexity index is 1530. The van der Waals surface area contributed by atoms with E-state index in [1.165, 1.54) is 27.8 Å². The van der Waals surface area contributed by atoms with E-state index in [2.05, 4.69) is 5.32 Å². The van der Waals surface area contributed by atoms with Crippen LogP contribution in [-0.2, 0) is 28.0 Å². The fourth-order valence-corrected chi connectivity index (χ4v) is 4.94. The van der Waals surface area contributed by atoms with E-state index in [0.717, 1.165) is 22.7 Å². The maximum atomic E-state index is 13.9. The van der Waals surface area contributed by atoms with Crippen LogP contribution in [0, 0.1) is 11.6 Å². The van der Waals surface area contributed by atoms with Gasteiger partial charge in [0.1, 0.15) is 35.7 Å². The average molecular weight is 553 g/mol. The fourth-order valence-electron chi connectivity index (χ4n) is 3.88. The molecule has 2 heterocycles. The highest BCUT2D eigenvalue weighted by Crippen LogP contribution is 2.38. The molecule has 3 aromatic rings. The Balaban J connectivity index is 1.58. The summed E-state index contributed by atoms with van der Waals surface area (Å²) in [6.45, 7) is -0.316. The number of pyridine rings is 1. The standard InChI is InChI=1S/C24H23ClF2N4O5S/c1-28-11-22(32)30-14-31(37(2,34)35)19-6-3-15(9-20(19)30)12-29-8-7-21(23(25)24(29)33)36-13-16-4-5-17(26)10-18(16)27/h3-10,28H,11-14H2,1-2H3. The van der Waals surface area contributed by atoms with Crippen LogP contribution in [0.2, 0.25) is 5.02 Å². The minimum atomic E-state index is -3.63. The zero-order chi connectivity index (χ0) is 26.9. The van der Waals surface area contributed by atoms with Gasteiger partial charge >= 0.3 is 0 Å². The van der Waals surface area contributed by atoms with Crippen molar-refractivity contribution in [1.29, 1.82) is 0 Å². The first-order chi connectivity index (χ1) is 17.5. The van der Waals surface area contributed by atoms with Crippen molar-refractivity contribution in [2.24, 2.45) is 0 Å². The third kappa shape index (κ3) is 5.60. The van der Waals surface area contributed by atoms with Crippen LogP contribution in [0.5, 0.6) is 5.75 Å². The Morgan fingerprint density at radius 2 is 1.89 bits per heavy atom. The van der Waals surface area contributed by atoms with Gasteiger partial charge in [-0.3, -0.25) is 14.5 Å². The molecule has 9 nitrogen and oxygen atoms in total. The molecule has 0 saturated heterocycles. The normalized spacial score (nSPS) is 13.1. The van der Waals surface area contributed by atoms with Gasteiger partial charge < -0.3 is 14.6 Å². The topological polar surface area (TPSA) is 101 Å². The van der Waals surface area contributed by atoms with Gasteiger partial charge in [0.05, 0.1) is 30.7 Å². The summed E-state index contributed by atoms with van der Waals surface area (Å²) in [6, 6.07) is 9.41. The van der Waals surface area contributed by atoms with Crippen LogP contribution in [0.4, 0.5) is 20.2 Å². The minimum Gasteiger partial charge on any atom is -0.487 e. The molecule has 1 aliphatic heterocycles. The first-order valence-corrected chi connectivity index (χ1v) is 13.2. The van der Waals surface area contributed by atoms with Crippen LogP contribution in [0.15, 0.2) is 53.5 Å². The second kappa shape index (κ2) is 10.5. The zero-order valence-corrected chi connectivity index (χ0v) is 21.4. The van der Waals surface area contributed by atoms with Gasteiger partial charge in [0, 0.05) is 17.8 Å². The van der Waals surface area contributed by atoms with E-state index in [1.54, 1.807) is 25.2 Å². The number of carbonyl (C=O) groups excluding carboxylic acids is 1. The molecule has 0 bridgehead atoms. The number of amides is 1. The summed E-state index contributed by atoms with van der Waals surface area (Å²) >= 11 is 6.21. The number of anilines is 2. The van der Waals surface area contributed by atoms with Gasteiger partial charge in [-0.15, -0.1) is 0 Å². The van der Waals surface area contributed by atoms with E-state index in [9.17, 15) is 26.8 Å². The summed E-state index contributed by atoms with van der Waals surface area (Å²) < 4.78 is 59.4. The number of hydrogen-bond donors (Lipinski definition) is 1. The van der Waals surface area contributed by atoms with Crippen LogP contribution >= 0.6 is 11.6 Å². The molecule has 1 N–H and O–H groups in total. The molecular formula is C24H23ClF2N4O5S. The molecule has 0 aliphatic carbocycles. The summed E-state index contributed by atoms with van der Waals surface area (Å²) in [4.78, 5) is 26.8. The summed E-state index contributed by atoms with van der Waals surface area (Å²) in [5.74, 6) is -1.77. The molecule has 1 aromatic heterocycles. The largest absolute Gasteiger partial charge is 0.487 e. The predicted octanol–water partition coefficient (Wildman–Crippen LogP) is 2.70. The smallest absolute Gasteiger partial charge is 0.273 e. The van der Waals surface area contributed by atoms with Crippen LogP contribution in [-0.4, -0.2) is 45.4 Å². The molecule has 0 saturated carbocycles.